The number of benzene rings is 2. The molecule has 6 heteroatoms. The molecule has 0 aliphatic rings. The van der Waals surface area contributed by atoms with Crippen molar-refractivity contribution in [3.8, 4) is 5.75 Å². The smallest absolute Gasteiger partial charge is 0.272 e. The number of aliphatic hydroxyl groups is 1. The second-order valence-electron chi connectivity index (χ2n) is 4.83. The van der Waals surface area contributed by atoms with Gasteiger partial charge in [0.25, 0.3) is 5.69 Å². The maximum Gasteiger partial charge on any atom is 0.272 e. The van der Waals surface area contributed by atoms with Crippen LogP contribution in [0.15, 0.2) is 42.5 Å². The molecule has 2 N–H and O–H groups in total. The minimum Gasteiger partial charge on any atom is -0.491 e. The zero-order chi connectivity index (χ0) is 15.9. The van der Waals surface area contributed by atoms with Crippen LogP contribution in [0, 0.1) is 17.0 Å². The van der Waals surface area contributed by atoms with Crippen LogP contribution in [0.4, 0.5) is 11.4 Å². The molecule has 116 valence electrons. The number of hydrogen-bond donors (Lipinski definition) is 2. The molecule has 22 heavy (non-hydrogen) atoms. The Labute approximate surface area is 128 Å². The first-order valence-corrected chi connectivity index (χ1v) is 6.91. The third kappa shape index (κ3) is 4.20. The number of nitrogens with one attached hydrogen (secondary N) is 1. The summed E-state index contributed by atoms with van der Waals surface area (Å²) in [6, 6.07) is 12.5. The van der Waals surface area contributed by atoms with Crippen molar-refractivity contribution >= 4 is 11.4 Å². The highest BCUT2D eigenvalue weighted by Crippen LogP contribution is 2.21. The number of nitro groups is 1. The second kappa shape index (κ2) is 7.42. The largest absolute Gasteiger partial charge is 0.491 e. The summed E-state index contributed by atoms with van der Waals surface area (Å²) in [6.07, 6.45) is 0. The van der Waals surface area contributed by atoms with Gasteiger partial charge in [-0.25, -0.2) is 0 Å². The number of hydrogen-bond acceptors (Lipinski definition) is 5. The van der Waals surface area contributed by atoms with Gasteiger partial charge in [-0.05, 0) is 36.8 Å². The summed E-state index contributed by atoms with van der Waals surface area (Å²) in [6.45, 7) is 2.46. The van der Waals surface area contributed by atoms with E-state index in [0.29, 0.717) is 17.9 Å². The van der Waals surface area contributed by atoms with Crippen molar-refractivity contribution in [1.29, 1.82) is 0 Å². The summed E-state index contributed by atoms with van der Waals surface area (Å²) >= 11 is 0. The van der Waals surface area contributed by atoms with E-state index in [0.717, 1.165) is 11.3 Å². The number of ether oxygens (including phenoxy) is 1. The Balaban J connectivity index is 1.98. The summed E-state index contributed by atoms with van der Waals surface area (Å²) in [7, 11) is 0. The number of nitrogens with zero attached hydrogens (tertiary/aromatic N) is 1. The van der Waals surface area contributed by atoms with Crippen LogP contribution in [0.25, 0.3) is 0 Å². The van der Waals surface area contributed by atoms with E-state index in [1.807, 2.05) is 18.2 Å². The summed E-state index contributed by atoms with van der Waals surface area (Å²) in [5.41, 5.74) is 2.52. The van der Waals surface area contributed by atoms with E-state index in [-0.39, 0.29) is 23.8 Å². The topological polar surface area (TPSA) is 84.6 Å². The predicted octanol–water partition coefficient (Wildman–Crippen LogP) is 2.89. The van der Waals surface area contributed by atoms with E-state index >= 15 is 0 Å². The zero-order valence-electron chi connectivity index (χ0n) is 12.3. The zero-order valence-corrected chi connectivity index (χ0v) is 12.3. The quantitative estimate of drug-likeness (QED) is 0.607. The molecule has 0 fully saturated rings. The molecule has 0 radical (unpaired) electrons. The van der Waals surface area contributed by atoms with Crippen molar-refractivity contribution in [1.82, 2.24) is 0 Å². The van der Waals surface area contributed by atoms with Gasteiger partial charge in [0, 0.05) is 23.9 Å². The third-order valence-corrected chi connectivity index (χ3v) is 3.18. The van der Waals surface area contributed by atoms with Crippen LogP contribution in [-0.4, -0.2) is 23.2 Å². The van der Waals surface area contributed by atoms with Crippen LogP contribution in [0.1, 0.15) is 11.1 Å². The Morgan fingerprint density at radius 2 is 1.95 bits per heavy atom. The number of nitro benzene ring substituents is 1. The molecule has 0 aliphatic carbocycles. The fourth-order valence-corrected chi connectivity index (χ4v) is 2.00. The van der Waals surface area contributed by atoms with Crippen molar-refractivity contribution in [3.63, 3.8) is 0 Å². The lowest BCUT2D eigenvalue weighted by Crippen LogP contribution is -2.03. The Hall–Kier alpha value is -2.60. The van der Waals surface area contributed by atoms with Gasteiger partial charge in [-0.1, -0.05) is 12.1 Å². The average molecular weight is 302 g/mol. The summed E-state index contributed by atoms with van der Waals surface area (Å²) in [5, 5.41) is 22.8. The second-order valence-corrected chi connectivity index (χ2v) is 4.83. The molecule has 2 aromatic rings. The van der Waals surface area contributed by atoms with Gasteiger partial charge in [0.2, 0.25) is 0 Å². The van der Waals surface area contributed by atoms with Gasteiger partial charge in [0.15, 0.2) is 0 Å². The van der Waals surface area contributed by atoms with Crippen LogP contribution in [0.3, 0.4) is 0 Å². The minimum absolute atomic E-state index is 0.0216. The minimum atomic E-state index is -0.369. The molecule has 6 nitrogen and oxygen atoms in total. The van der Waals surface area contributed by atoms with Crippen LogP contribution < -0.4 is 10.1 Å². The van der Waals surface area contributed by atoms with Gasteiger partial charge in [-0.2, -0.15) is 0 Å². The molecular formula is C16H18N2O4. The highest BCUT2D eigenvalue weighted by Gasteiger charge is 2.10. The summed E-state index contributed by atoms with van der Waals surface area (Å²) in [5.74, 6) is 0.686. The van der Waals surface area contributed by atoms with E-state index in [9.17, 15) is 10.1 Å². The molecule has 0 aromatic heterocycles. The maximum absolute atomic E-state index is 10.9. The van der Waals surface area contributed by atoms with Crippen LogP contribution in [-0.2, 0) is 6.54 Å². The lowest BCUT2D eigenvalue weighted by molar-refractivity contribution is -0.385. The number of rotatable bonds is 7. The molecule has 0 bridgehead atoms. The molecule has 0 aliphatic heterocycles. The highest BCUT2D eigenvalue weighted by molar-refractivity contribution is 5.48. The van der Waals surface area contributed by atoms with E-state index in [2.05, 4.69) is 5.32 Å². The van der Waals surface area contributed by atoms with E-state index < -0.39 is 0 Å². The summed E-state index contributed by atoms with van der Waals surface area (Å²) < 4.78 is 5.28. The van der Waals surface area contributed by atoms with Crippen molar-refractivity contribution in [3.05, 3.63) is 63.7 Å². The molecule has 0 heterocycles. The van der Waals surface area contributed by atoms with Gasteiger partial charge in [-0.3, -0.25) is 10.1 Å². The monoisotopic (exact) mass is 302 g/mol. The molecule has 0 amide bonds. The molecule has 2 rings (SSSR count). The van der Waals surface area contributed by atoms with Crippen LogP contribution in [0.2, 0.25) is 0 Å². The molecule has 0 saturated carbocycles. The molecule has 2 aromatic carbocycles. The van der Waals surface area contributed by atoms with Gasteiger partial charge in [-0.15, -0.1) is 0 Å². The molecule has 0 atom stereocenters. The molecule has 0 spiro atoms. The first kappa shape index (κ1) is 15.8. The number of anilines is 1. The van der Waals surface area contributed by atoms with Crippen molar-refractivity contribution in [2.24, 2.45) is 0 Å². The Morgan fingerprint density at radius 3 is 2.59 bits per heavy atom. The Kier molecular flexibility index (Phi) is 5.32. The van der Waals surface area contributed by atoms with Gasteiger partial charge < -0.3 is 15.2 Å². The van der Waals surface area contributed by atoms with Crippen molar-refractivity contribution < 1.29 is 14.8 Å². The van der Waals surface area contributed by atoms with E-state index in [1.54, 1.807) is 31.2 Å². The van der Waals surface area contributed by atoms with Crippen molar-refractivity contribution in [2.45, 2.75) is 13.5 Å². The Bertz CT molecular complexity index is 641. The highest BCUT2D eigenvalue weighted by atomic mass is 16.6. The predicted molar refractivity (Wildman–Crippen MR) is 84.2 cm³/mol. The van der Waals surface area contributed by atoms with Crippen LogP contribution >= 0.6 is 0 Å². The van der Waals surface area contributed by atoms with Gasteiger partial charge in [0.05, 0.1) is 11.5 Å². The standard InChI is InChI=1S/C16H18N2O4/c1-12-2-3-13(10-16(12)18(20)21)11-17-14-4-6-15(7-5-14)22-9-8-19/h2-7,10,17,19H,8-9,11H2,1H3. The fraction of sp³-hybridized carbons (Fsp3) is 0.250. The lowest BCUT2D eigenvalue weighted by atomic mass is 10.1. The Morgan fingerprint density at radius 1 is 1.23 bits per heavy atom. The third-order valence-electron chi connectivity index (χ3n) is 3.18. The first-order valence-electron chi connectivity index (χ1n) is 6.91. The molecule has 0 unspecified atom stereocenters. The average Bonchev–Trinajstić information content (AvgIpc) is 2.53. The fourth-order valence-electron chi connectivity index (χ4n) is 2.00. The number of aryl methyl sites for hydroxylation is 1. The first-order chi connectivity index (χ1) is 10.6. The van der Waals surface area contributed by atoms with Crippen LogP contribution in [0.5, 0.6) is 5.75 Å². The lowest BCUT2D eigenvalue weighted by Gasteiger charge is -2.09. The number of aliphatic hydroxyl groups excluding tert-OH is 1. The van der Waals surface area contributed by atoms with Crippen molar-refractivity contribution in [2.75, 3.05) is 18.5 Å². The van der Waals surface area contributed by atoms with E-state index in [1.165, 1.54) is 0 Å². The maximum atomic E-state index is 10.9. The van der Waals surface area contributed by atoms with Gasteiger partial charge >= 0.3 is 0 Å². The molecule has 0 saturated heterocycles. The van der Waals surface area contributed by atoms with Gasteiger partial charge in [0.1, 0.15) is 12.4 Å². The SMILES string of the molecule is Cc1ccc(CNc2ccc(OCCO)cc2)cc1[N+](=O)[O-]. The molecular weight excluding hydrogens is 284 g/mol. The van der Waals surface area contributed by atoms with E-state index in [4.69, 9.17) is 9.84 Å². The summed E-state index contributed by atoms with van der Waals surface area (Å²) in [4.78, 5) is 10.6. The normalized spacial score (nSPS) is 10.3.